The molecule has 0 saturated carbocycles. The first-order valence-corrected chi connectivity index (χ1v) is 6.06. The zero-order chi connectivity index (χ0) is 12.1. The highest BCUT2D eigenvalue weighted by molar-refractivity contribution is 5.31. The van der Waals surface area contributed by atoms with Crippen LogP contribution < -0.4 is 10.1 Å². The summed E-state index contributed by atoms with van der Waals surface area (Å²) in [6.07, 6.45) is 2.02. The number of benzene rings is 1. The number of nitrogens with one attached hydrogen (secondary N) is 1. The molecular formula is C14H20N2O. The van der Waals surface area contributed by atoms with Crippen LogP contribution in [0.4, 0.5) is 0 Å². The molecule has 0 aliphatic carbocycles. The van der Waals surface area contributed by atoms with Crippen molar-refractivity contribution in [2.75, 3.05) is 33.3 Å². The Morgan fingerprint density at radius 1 is 1.29 bits per heavy atom. The van der Waals surface area contributed by atoms with Gasteiger partial charge in [0.15, 0.2) is 0 Å². The molecule has 1 aromatic carbocycles. The number of nitrogens with zero attached hydrogens (tertiary/aromatic N) is 1. The van der Waals surface area contributed by atoms with Crippen molar-refractivity contribution in [1.82, 2.24) is 10.2 Å². The Labute approximate surface area is 103 Å². The molecule has 1 aromatic rings. The van der Waals surface area contributed by atoms with Gasteiger partial charge in [-0.05, 0) is 17.7 Å². The van der Waals surface area contributed by atoms with E-state index < -0.39 is 0 Å². The summed E-state index contributed by atoms with van der Waals surface area (Å²) in [6, 6.07) is 8.56. The van der Waals surface area contributed by atoms with Gasteiger partial charge in [0.05, 0.1) is 13.2 Å². The maximum Gasteiger partial charge on any atom is 0.118 e. The van der Waals surface area contributed by atoms with E-state index in [0.717, 1.165) is 31.9 Å². The third-order valence-electron chi connectivity index (χ3n) is 3.23. The van der Waals surface area contributed by atoms with Crippen LogP contribution in [0.2, 0.25) is 0 Å². The first kappa shape index (κ1) is 12.1. The van der Waals surface area contributed by atoms with Crippen LogP contribution in [0, 0.1) is 0 Å². The summed E-state index contributed by atoms with van der Waals surface area (Å²) in [5, 5.41) is 3.37. The van der Waals surface area contributed by atoms with Crippen LogP contribution in [0.3, 0.4) is 0 Å². The molecule has 0 amide bonds. The second-order valence-electron chi connectivity index (χ2n) is 4.24. The lowest BCUT2D eigenvalue weighted by Gasteiger charge is -2.33. The van der Waals surface area contributed by atoms with Crippen molar-refractivity contribution in [2.45, 2.75) is 6.04 Å². The van der Waals surface area contributed by atoms with Gasteiger partial charge in [0.25, 0.3) is 0 Å². The van der Waals surface area contributed by atoms with Gasteiger partial charge in [-0.3, -0.25) is 4.90 Å². The molecule has 17 heavy (non-hydrogen) atoms. The molecule has 1 saturated heterocycles. The molecule has 0 spiro atoms. The van der Waals surface area contributed by atoms with Crippen LogP contribution in [-0.4, -0.2) is 38.2 Å². The smallest absolute Gasteiger partial charge is 0.118 e. The lowest BCUT2D eigenvalue weighted by Crippen LogP contribution is -2.44. The van der Waals surface area contributed by atoms with E-state index in [4.69, 9.17) is 4.74 Å². The maximum atomic E-state index is 5.18. The van der Waals surface area contributed by atoms with Gasteiger partial charge in [-0.25, -0.2) is 0 Å². The number of hydrogen-bond donors (Lipinski definition) is 1. The van der Waals surface area contributed by atoms with Crippen molar-refractivity contribution in [3.63, 3.8) is 0 Å². The number of rotatable bonds is 4. The van der Waals surface area contributed by atoms with Gasteiger partial charge in [0.1, 0.15) is 5.75 Å². The second-order valence-corrected chi connectivity index (χ2v) is 4.24. The highest BCUT2D eigenvalue weighted by atomic mass is 16.5. The minimum Gasteiger partial charge on any atom is -0.497 e. The minimum atomic E-state index is 0.308. The Bertz CT molecular complexity index is 355. The second kappa shape index (κ2) is 5.84. The summed E-state index contributed by atoms with van der Waals surface area (Å²) in [6.45, 7) is 8.22. The zero-order valence-corrected chi connectivity index (χ0v) is 10.4. The van der Waals surface area contributed by atoms with Crippen molar-refractivity contribution < 1.29 is 4.74 Å². The standard InChI is InChI=1S/C14H20N2O/c1-3-14(16-10-8-15-9-11-16)12-4-6-13(17-2)7-5-12/h3-7,14-15H,1,8-11H2,2H3/t14-/m1/s1. The topological polar surface area (TPSA) is 24.5 Å². The summed E-state index contributed by atoms with van der Waals surface area (Å²) in [7, 11) is 1.69. The Morgan fingerprint density at radius 2 is 1.94 bits per heavy atom. The average molecular weight is 232 g/mol. The first-order valence-electron chi connectivity index (χ1n) is 6.06. The molecule has 3 heteroatoms. The van der Waals surface area contributed by atoms with Crippen LogP contribution in [0.25, 0.3) is 0 Å². The van der Waals surface area contributed by atoms with Crippen LogP contribution in [0.15, 0.2) is 36.9 Å². The Hall–Kier alpha value is -1.32. The molecule has 1 aliphatic heterocycles. The van der Waals surface area contributed by atoms with E-state index in [9.17, 15) is 0 Å². The fraction of sp³-hybridized carbons (Fsp3) is 0.429. The van der Waals surface area contributed by atoms with Gasteiger partial charge in [0.2, 0.25) is 0 Å². The van der Waals surface area contributed by atoms with Crippen molar-refractivity contribution in [3.8, 4) is 5.75 Å². The largest absolute Gasteiger partial charge is 0.497 e. The van der Waals surface area contributed by atoms with E-state index >= 15 is 0 Å². The number of methoxy groups -OCH3 is 1. The summed E-state index contributed by atoms with van der Waals surface area (Å²) < 4.78 is 5.18. The molecule has 3 nitrogen and oxygen atoms in total. The highest BCUT2D eigenvalue weighted by Gasteiger charge is 2.19. The lowest BCUT2D eigenvalue weighted by atomic mass is 10.0. The van der Waals surface area contributed by atoms with Crippen molar-refractivity contribution >= 4 is 0 Å². The highest BCUT2D eigenvalue weighted by Crippen LogP contribution is 2.24. The van der Waals surface area contributed by atoms with E-state index in [-0.39, 0.29) is 0 Å². The fourth-order valence-corrected chi connectivity index (χ4v) is 2.26. The summed E-state index contributed by atoms with van der Waals surface area (Å²) in [4.78, 5) is 2.45. The van der Waals surface area contributed by atoms with Crippen molar-refractivity contribution in [1.29, 1.82) is 0 Å². The molecule has 2 rings (SSSR count). The molecule has 0 unspecified atom stereocenters. The first-order chi connectivity index (χ1) is 8.35. The SMILES string of the molecule is C=C[C@H](c1ccc(OC)cc1)N1CCNCC1. The van der Waals surface area contributed by atoms with Crippen LogP contribution >= 0.6 is 0 Å². The molecule has 1 N–H and O–H groups in total. The molecule has 1 heterocycles. The van der Waals surface area contributed by atoms with E-state index in [2.05, 4.69) is 28.9 Å². The minimum absolute atomic E-state index is 0.308. The molecule has 0 bridgehead atoms. The van der Waals surface area contributed by atoms with Gasteiger partial charge in [-0.2, -0.15) is 0 Å². The molecule has 0 aromatic heterocycles. The van der Waals surface area contributed by atoms with Gasteiger partial charge in [-0.1, -0.05) is 18.2 Å². The molecule has 1 fully saturated rings. The third kappa shape index (κ3) is 2.87. The average Bonchev–Trinajstić information content (AvgIpc) is 2.42. The van der Waals surface area contributed by atoms with Crippen LogP contribution in [0.5, 0.6) is 5.75 Å². The molecule has 1 aliphatic rings. The molecule has 1 atom stereocenters. The Kier molecular flexibility index (Phi) is 4.18. The van der Waals surface area contributed by atoms with E-state index in [1.54, 1.807) is 7.11 Å². The van der Waals surface area contributed by atoms with Gasteiger partial charge < -0.3 is 10.1 Å². The van der Waals surface area contributed by atoms with Crippen molar-refractivity contribution in [3.05, 3.63) is 42.5 Å². The third-order valence-corrected chi connectivity index (χ3v) is 3.23. The molecular weight excluding hydrogens is 212 g/mol. The normalized spacial score (nSPS) is 18.6. The number of ether oxygens (including phenoxy) is 1. The van der Waals surface area contributed by atoms with E-state index in [0.29, 0.717) is 6.04 Å². The lowest BCUT2D eigenvalue weighted by molar-refractivity contribution is 0.203. The Morgan fingerprint density at radius 3 is 2.47 bits per heavy atom. The number of hydrogen-bond acceptors (Lipinski definition) is 3. The van der Waals surface area contributed by atoms with Gasteiger partial charge >= 0.3 is 0 Å². The Balaban J connectivity index is 2.12. The summed E-state index contributed by atoms with van der Waals surface area (Å²) in [5.41, 5.74) is 1.28. The van der Waals surface area contributed by atoms with E-state index in [1.165, 1.54) is 5.56 Å². The van der Waals surface area contributed by atoms with Gasteiger partial charge in [0, 0.05) is 26.2 Å². The van der Waals surface area contributed by atoms with Gasteiger partial charge in [-0.15, -0.1) is 6.58 Å². The molecule has 0 radical (unpaired) electrons. The fourth-order valence-electron chi connectivity index (χ4n) is 2.26. The summed E-state index contributed by atoms with van der Waals surface area (Å²) in [5.74, 6) is 0.900. The van der Waals surface area contributed by atoms with Crippen LogP contribution in [-0.2, 0) is 0 Å². The maximum absolute atomic E-state index is 5.18. The zero-order valence-electron chi connectivity index (χ0n) is 10.4. The van der Waals surface area contributed by atoms with Crippen molar-refractivity contribution in [2.24, 2.45) is 0 Å². The predicted molar refractivity (Wildman–Crippen MR) is 70.4 cm³/mol. The van der Waals surface area contributed by atoms with E-state index in [1.807, 2.05) is 18.2 Å². The number of piperazine rings is 1. The van der Waals surface area contributed by atoms with Crippen LogP contribution in [0.1, 0.15) is 11.6 Å². The summed E-state index contributed by atoms with van der Waals surface area (Å²) >= 11 is 0. The molecule has 92 valence electrons. The predicted octanol–water partition coefficient (Wildman–Crippen LogP) is 1.83. The monoisotopic (exact) mass is 232 g/mol. The quantitative estimate of drug-likeness (QED) is 0.802.